The Morgan fingerprint density at radius 2 is 1.48 bits per heavy atom. The van der Waals surface area contributed by atoms with Gasteiger partial charge in [0.1, 0.15) is 18.5 Å². The summed E-state index contributed by atoms with van der Waals surface area (Å²) in [4.78, 5) is 2.28. The van der Waals surface area contributed by atoms with E-state index in [-0.39, 0.29) is 10.8 Å². The number of methoxy groups -OCH3 is 2. The molecule has 0 aliphatic carbocycles. The zero-order valence-corrected chi connectivity index (χ0v) is 19.9. The van der Waals surface area contributed by atoms with Crippen LogP contribution < -0.4 is 14.4 Å². The summed E-state index contributed by atoms with van der Waals surface area (Å²) in [6, 6.07) is 12.7. The van der Waals surface area contributed by atoms with Crippen LogP contribution in [-0.4, -0.2) is 38.6 Å². The molecule has 0 fully saturated rings. The molecule has 0 aromatic heterocycles. The number of hydrogen-bond acceptors (Lipinski definition) is 3. The summed E-state index contributed by atoms with van der Waals surface area (Å²) in [7, 11) is 7.72. The number of ether oxygens (including phenoxy) is 2. The van der Waals surface area contributed by atoms with E-state index in [2.05, 4.69) is 93.8 Å². The third-order valence-corrected chi connectivity index (χ3v) is 6.99. The van der Waals surface area contributed by atoms with Gasteiger partial charge in [0.05, 0.1) is 19.6 Å². The number of anilines is 1. The fraction of sp³-hybridized carbons (Fsp3) is 0.370. The van der Waals surface area contributed by atoms with Crippen molar-refractivity contribution >= 4 is 17.1 Å². The molecular formula is C27H33N2O2+. The van der Waals surface area contributed by atoms with Crippen molar-refractivity contribution in [2.24, 2.45) is 0 Å². The van der Waals surface area contributed by atoms with E-state index in [1.165, 1.54) is 33.9 Å². The monoisotopic (exact) mass is 417 g/mol. The van der Waals surface area contributed by atoms with Gasteiger partial charge in [-0.3, -0.25) is 0 Å². The standard InChI is InChI=1S/C27H33N2O2/c1-26(2)20-16-18(30-7)12-14-22(20)28(5)24(26)10-9-11-25-27(3,4)21-17-19(31-8)13-15-23(21)29(25)6/h9-17H,1-8H3/q+1. The highest BCUT2D eigenvalue weighted by molar-refractivity contribution is 6.03. The number of rotatable bonds is 4. The second-order valence-electron chi connectivity index (χ2n) is 9.43. The summed E-state index contributed by atoms with van der Waals surface area (Å²) >= 11 is 0. The third kappa shape index (κ3) is 3.16. The lowest BCUT2D eigenvalue weighted by atomic mass is 9.81. The molecule has 0 amide bonds. The van der Waals surface area contributed by atoms with E-state index in [1.54, 1.807) is 14.2 Å². The van der Waals surface area contributed by atoms with Crippen molar-refractivity contribution in [2.75, 3.05) is 33.2 Å². The molecule has 2 aromatic carbocycles. The molecule has 0 atom stereocenters. The molecule has 2 aliphatic heterocycles. The fourth-order valence-corrected chi connectivity index (χ4v) is 5.12. The van der Waals surface area contributed by atoms with Crippen molar-refractivity contribution in [2.45, 2.75) is 38.5 Å². The van der Waals surface area contributed by atoms with Crippen LogP contribution in [-0.2, 0) is 10.8 Å². The smallest absolute Gasteiger partial charge is 0.209 e. The number of benzene rings is 2. The van der Waals surface area contributed by atoms with Crippen LogP contribution in [0.15, 0.2) is 60.3 Å². The molecule has 0 N–H and O–H groups in total. The minimum absolute atomic E-state index is 0.0962. The van der Waals surface area contributed by atoms with Crippen LogP contribution in [0.2, 0.25) is 0 Å². The van der Waals surface area contributed by atoms with Crippen molar-refractivity contribution in [3.8, 4) is 11.5 Å². The highest BCUT2D eigenvalue weighted by Gasteiger charge is 2.43. The molecule has 2 aromatic rings. The van der Waals surface area contributed by atoms with E-state index in [0.29, 0.717) is 0 Å². The van der Waals surface area contributed by atoms with Gasteiger partial charge in [-0.1, -0.05) is 19.9 Å². The Balaban J connectivity index is 1.69. The van der Waals surface area contributed by atoms with E-state index >= 15 is 0 Å². The molecule has 4 heteroatoms. The van der Waals surface area contributed by atoms with Gasteiger partial charge in [0.15, 0.2) is 5.71 Å². The summed E-state index contributed by atoms with van der Waals surface area (Å²) in [6.07, 6.45) is 6.67. The van der Waals surface area contributed by atoms with E-state index in [1.807, 2.05) is 12.1 Å². The summed E-state index contributed by atoms with van der Waals surface area (Å²) in [5, 5.41) is 0. The van der Waals surface area contributed by atoms with E-state index < -0.39 is 0 Å². The number of likely N-dealkylation sites (N-methyl/N-ethyl adjacent to an activating group) is 1. The molecule has 31 heavy (non-hydrogen) atoms. The highest BCUT2D eigenvalue weighted by atomic mass is 16.5. The molecule has 0 saturated carbocycles. The maximum Gasteiger partial charge on any atom is 0.209 e. The molecule has 4 rings (SSSR count). The number of fused-ring (bicyclic) bond motifs is 2. The minimum atomic E-state index is -0.0962. The molecule has 4 nitrogen and oxygen atoms in total. The van der Waals surface area contributed by atoms with Gasteiger partial charge in [0, 0.05) is 41.6 Å². The predicted molar refractivity (Wildman–Crippen MR) is 129 cm³/mol. The SMILES string of the molecule is COc1ccc2c(c1)C(C)(C)C(/C=C/C=C1\N(C)c3ccc(OC)cc3C1(C)C)=[N+]2C. The first-order valence-electron chi connectivity index (χ1n) is 10.7. The molecule has 162 valence electrons. The third-order valence-electron chi connectivity index (χ3n) is 6.99. The average molecular weight is 418 g/mol. The number of nitrogens with zero attached hydrogens (tertiary/aromatic N) is 2. The van der Waals surface area contributed by atoms with Gasteiger partial charge < -0.3 is 14.4 Å². The van der Waals surface area contributed by atoms with Crippen LogP contribution in [0.3, 0.4) is 0 Å². The molecule has 2 heterocycles. The van der Waals surface area contributed by atoms with Gasteiger partial charge in [-0.05, 0) is 55.8 Å². The van der Waals surface area contributed by atoms with Crippen molar-refractivity contribution in [1.82, 2.24) is 0 Å². The van der Waals surface area contributed by atoms with Gasteiger partial charge in [-0.25, -0.2) is 0 Å². The van der Waals surface area contributed by atoms with E-state index in [4.69, 9.17) is 9.47 Å². The normalized spacial score (nSPS) is 19.9. The van der Waals surface area contributed by atoms with Crippen LogP contribution in [0.1, 0.15) is 38.8 Å². The topological polar surface area (TPSA) is 24.7 Å². The minimum Gasteiger partial charge on any atom is -0.497 e. The van der Waals surface area contributed by atoms with Gasteiger partial charge >= 0.3 is 0 Å². The molecule has 2 aliphatic rings. The Hall–Kier alpha value is -3.01. The Kier molecular flexibility index (Phi) is 5.00. The van der Waals surface area contributed by atoms with Gasteiger partial charge in [0.2, 0.25) is 5.69 Å². The molecular weight excluding hydrogens is 384 g/mol. The Morgan fingerprint density at radius 1 is 0.871 bits per heavy atom. The van der Waals surface area contributed by atoms with Crippen molar-refractivity contribution in [1.29, 1.82) is 0 Å². The molecule has 0 spiro atoms. The molecule has 0 bridgehead atoms. The average Bonchev–Trinajstić information content (AvgIpc) is 3.06. The van der Waals surface area contributed by atoms with Crippen molar-refractivity contribution < 1.29 is 14.0 Å². The van der Waals surface area contributed by atoms with Gasteiger partial charge in [-0.15, -0.1) is 0 Å². The fourth-order valence-electron chi connectivity index (χ4n) is 5.12. The first kappa shape index (κ1) is 21.2. The predicted octanol–water partition coefficient (Wildman–Crippen LogP) is 5.58. The lowest BCUT2D eigenvalue weighted by Gasteiger charge is -2.23. The van der Waals surface area contributed by atoms with Crippen LogP contribution in [0.25, 0.3) is 0 Å². The Labute approximate surface area is 186 Å². The molecule has 0 unspecified atom stereocenters. The summed E-state index contributed by atoms with van der Waals surface area (Å²) in [5.41, 5.74) is 7.39. The summed E-state index contributed by atoms with van der Waals surface area (Å²) in [5.74, 6) is 1.80. The second kappa shape index (κ2) is 7.30. The van der Waals surface area contributed by atoms with Crippen molar-refractivity contribution in [3.05, 3.63) is 71.5 Å². The van der Waals surface area contributed by atoms with Crippen molar-refractivity contribution in [3.63, 3.8) is 0 Å². The maximum absolute atomic E-state index is 5.46. The van der Waals surface area contributed by atoms with Crippen LogP contribution in [0, 0.1) is 0 Å². The molecule has 0 saturated heterocycles. The number of hydrogen-bond donors (Lipinski definition) is 0. The second-order valence-corrected chi connectivity index (χ2v) is 9.43. The van der Waals surface area contributed by atoms with Gasteiger partial charge in [0.25, 0.3) is 0 Å². The Bertz CT molecular complexity index is 1140. The lowest BCUT2D eigenvalue weighted by molar-refractivity contribution is -0.401. The van der Waals surface area contributed by atoms with Crippen LogP contribution >= 0.6 is 0 Å². The lowest BCUT2D eigenvalue weighted by Crippen LogP contribution is -2.26. The van der Waals surface area contributed by atoms with Crippen LogP contribution in [0.4, 0.5) is 11.4 Å². The van der Waals surface area contributed by atoms with Crippen LogP contribution in [0.5, 0.6) is 11.5 Å². The highest BCUT2D eigenvalue weighted by Crippen LogP contribution is 2.48. The quantitative estimate of drug-likeness (QED) is 0.607. The Morgan fingerprint density at radius 3 is 2.13 bits per heavy atom. The molecule has 0 radical (unpaired) electrons. The first-order valence-corrected chi connectivity index (χ1v) is 10.7. The zero-order valence-electron chi connectivity index (χ0n) is 19.9. The maximum atomic E-state index is 5.46. The van der Waals surface area contributed by atoms with Gasteiger partial charge in [-0.2, -0.15) is 4.58 Å². The summed E-state index contributed by atoms with van der Waals surface area (Å²) < 4.78 is 13.2. The van der Waals surface area contributed by atoms with E-state index in [0.717, 1.165) is 11.5 Å². The summed E-state index contributed by atoms with van der Waals surface area (Å²) in [6.45, 7) is 9.09. The first-order chi connectivity index (χ1) is 14.6. The van der Waals surface area contributed by atoms with E-state index in [9.17, 15) is 0 Å². The number of allylic oxidation sites excluding steroid dienone is 4. The zero-order chi connectivity index (χ0) is 22.6. The largest absolute Gasteiger partial charge is 0.497 e.